The van der Waals surface area contributed by atoms with Crippen LogP contribution in [0.4, 0.5) is 0 Å². The number of rotatable bonds is 6. The van der Waals surface area contributed by atoms with E-state index in [1.54, 1.807) is 13.2 Å². The molecular formula is C18H25ClN2O2. The number of hydrogen-bond acceptors (Lipinski definition) is 4. The summed E-state index contributed by atoms with van der Waals surface area (Å²) in [5.41, 5.74) is 7.36. The topological polar surface area (TPSA) is 47.7 Å². The predicted molar refractivity (Wildman–Crippen MR) is 93.2 cm³/mol. The van der Waals surface area contributed by atoms with Gasteiger partial charge in [-0.05, 0) is 36.3 Å². The van der Waals surface area contributed by atoms with Crippen molar-refractivity contribution in [2.45, 2.75) is 25.4 Å². The van der Waals surface area contributed by atoms with Crippen molar-refractivity contribution in [3.05, 3.63) is 35.4 Å². The lowest BCUT2D eigenvalue weighted by molar-refractivity contribution is 0.140. The highest BCUT2D eigenvalue weighted by atomic mass is 35.5. The van der Waals surface area contributed by atoms with Gasteiger partial charge in [0.25, 0.3) is 0 Å². The third kappa shape index (κ3) is 3.49. The zero-order chi connectivity index (χ0) is 16.4. The lowest BCUT2D eigenvalue weighted by Gasteiger charge is -2.36. The summed E-state index contributed by atoms with van der Waals surface area (Å²) in [7, 11) is 1.65. The first kappa shape index (κ1) is 16.6. The smallest absolute Gasteiger partial charge is 0.163 e. The summed E-state index contributed by atoms with van der Waals surface area (Å²) >= 11 is 6.46. The number of benzene rings is 1. The summed E-state index contributed by atoms with van der Waals surface area (Å²) < 4.78 is 11.0. The molecular weight excluding hydrogens is 312 g/mol. The van der Waals surface area contributed by atoms with Crippen LogP contribution in [0.5, 0.6) is 11.5 Å². The van der Waals surface area contributed by atoms with Gasteiger partial charge in [-0.15, -0.1) is 0 Å². The third-order valence-corrected chi connectivity index (χ3v) is 5.42. The molecule has 126 valence electrons. The summed E-state index contributed by atoms with van der Waals surface area (Å²) in [5, 5.41) is 0.715. The molecule has 0 aromatic heterocycles. The van der Waals surface area contributed by atoms with Crippen LogP contribution >= 0.6 is 11.6 Å². The fourth-order valence-corrected chi connectivity index (χ4v) is 4.06. The molecule has 0 amide bonds. The second-order valence-electron chi connectivity index (χ2n) is 6.56. The van der Waals surface area contributed by atoms with E-state index in [0.29, 0.717) is 41.0 Å². The zero-order valence-corrected chi connectivity index (χ0v) is 14.4. The zero-order valence-electron chi connectivity index (χ0n) is 13.6. The van der Waals surface area contributed by atoms with E-state index in [1.165, 1.54) is 12.8 Å². The highest BCUT2D eigenvalue weighted by molar-refractivity contribution is 6.31. The van der Waals surface area contributed by atoms with Gasteiger partial charge in [0.05, 0.1) is 7.11 Å². The number of ether oxygens (including phenoxy) is 2. The van der Waals surface area contributed by atoms with Crippen LogP contribution in [0.3, 0.4) is 0 Å². The minimum atomic E-state index is 0.380. The second-order valence-corrected chi connectivity index (χ2v) is 6.97. The van der Waals surface area contributed by atoms with Crippen molar-refractivity contribution >= 4 is 11.6 Å². The van der Waals surface area contributed by atoms with Crippen molar-refractivity contribution in [3.8, 4) is 11.5 Å². The lowest BCUT2D eigenvalue weighted by Crippen LogP contribution is -2.48. The Morgan fingerprint density at radius 2 is 2.00 bits per heavy atom. The standard InChI is InChI=1S/C18H25ClN2O2/c1-3-6-23-17-8-15(19)14(7-16(17)22-2)11-21-9-12-4-5-13(10-21)18(12)20/h3,7-8,12-13,18H,1,4-6,9-11,20H2,2H3/t12-,13+,18?. The van der Waals surface area contributed by atoms with Gasteiger partial charge in [0.1, 0.15) is 6.61 Å². The van der Waals surface area contributed by atoms with Crippen molar-refractivity contribution in [2.75, 3.05) is 26.8 Å². The largest absolute Gasteiger partial charge is 0.493 e. The Morgan fingerprint density at radius 1 is 1.30 bits per heavy atom. The summed E-state index contributed by atoms with van der Waals surface area (Å²) in [6.07, 6.45) is 4.22. The van der Waals surface area contributed by atoms with E-state index in [0.717, 1.165) is 25.2 Å². The molecule has 1 unspecified atom stereocenters. The fourth-order valence-electron chi connectivity index (χ4n) is 3.85. The number of hydrogen-bond donors (Lipinski definition) is 1. The molecule has 23 heavy (non-hydrogen) atoms. The number of halogens is 1. The normalized spacial score (nSPS) is 27.0. The van der Waals surface area contributed by atoms with E-state index in [9.17, 15) is 0 Å². The monoisotopic (exact) mass is 336 g/mol. The van der Waals surface area contributed by atoms with Crippen molar-refractivity contribution in [2.24, 2.45) is 17.6 Å². The van der Waals surface area contributed by atoms with Gasteiger partial charge in [0.15, 0.2) is 11.5 Å². The fraction of sp³-hybridized carbons (Fsp3) is 0.556. The minimum absolute atomic E-state index is 0.380. The Kier molecular flexibility index (Phi) is 5.14. The van der Waals surface area contributed by atoms with Gasteiger partial charge in [-0.2, -0.15) is 0 Å². The molecule has 1 aromatic carbocycles. The molecule has 1 heterocycles. The minimum Gasteiger partial charge on any atom is -0.493 e. The molecule has 2 aliphatic rings. The summed E-state index contributed by atoms with van der Waals surface area (Å²) in [6.45, 7) is 7.04. The van der Waals surface area contributed by atoms with Gasteiger partial charge >= 0.3 is 0 Å². The Hall–Kier alpha value is -1.23. The van der Waals surface area contributed by atoms with Crippen LogP contribution in [0.2, 0.25) is 5.02 Å². The molecule has 1 aliphatic carbocycles. The highest BCUT2D eigenvalue weighted by Gasteiger charge is 2.39. The van der Waals surface area contributed by atoms with Crippen molar-refractivity contribution in [1.29, 1.82) is 0 Å². The molecule has 0 spiro atoms. The first-order valence-electron chi connectivity index (χ1n) is 8.20. The average Bonchev–Trinajstić information content (AvgIpc) is 2.76. The van der Waals surface area contributed by atoms with Crippen LogP contribution in [0, 0.1) is 11.8 Å². The number of nitrogens with zero attached hydrogens (tertiary/aromatic N) is 1. The Morgan fingerprint density at radius 3 is 2.61 bits per heavy atom. The number of likely N-dealkylation sites (tertiary alicyclic amines) is 1. The molecule has 3 atom stereocenters. The summed E-state index contributed by atoms with van der Waals surface area (Å²) in [5.74, 6) is 2.62. The van der Waals surface area contributed by atoms with Crippen molar-refractivity contribution < 1.29 is 9.47 Å². The summed E-state index contributed by atoms with van der Waals surface area (Å²) in [6, 6.07) is 4.20. The van der Waals surface area contributed by atoms with E-state index in [-0.39, 0.29) is 0 Å². The van der Waals surface area contributed by atoms with Crippen LogP contribution < -0.4 is 15.2 Å². The molecule has 4 nitrogen and oxygen atoms in total. The molecule has 1 saturated heterocycles. The van der Waals surface area contributed by atoms with E-state index in [1.807, 2.05) is 12.1 Å². The SMILES string of the molecule is C=CCOc1cc(Cl)c(CN2C[C@H]3CC[C@@H](C2)C3N)cc1OC. The van der Waals surface area contributed by atoms with E-state index in [4.69, 9.17) is 26.8 Å². The van der Waals surface area contributed by atoms with Crippen LogP contribution in [-0.2, 0) is 6.54 Å². The van der Waals surface area contributed by atoms with Gasteiger partial charge in [0.2, 0.25) is 0 Å². The second kappa shape index (κ2) is 7.12. The van der Waals surface area contributed by atoms with Crippen molar-refractivity contribution in [1.82, 2.24) is 4.90 Å². The molecule has 2 bridgehead atoms. The Labute approximate surface area is 143 Å². The highest BCUT2D eigenvalue weighted by Crippen LogP contribution is 2.38. The van der Waals surface area contributed by atoms with Gasteiger partial charge in [-0.3, -0.25) is 4.90 Å². The Bertz CT molecular complexity index is 564. The number of fused-ring (bicyclic) bond motifs is 2. The maximum absolute atomic E-state index is 6.46. The van der Waals surface area contributed by atoms with E-state index in [2.05, 4.69) is 11.5 Å². The molecule has 1 aliphatic heterocycles. The van der Waals surface area contributed by atoms with E-state index >= 15 is 0 Å². The molecule has 1 saturated carbocycles. The molecule has 5 heteroatoms. The first-order chi connectivity index (χ1) is 11.1. The number of piperidine rings is 1. The lowest BCUT2D eigenvalue weighted by atomic mass is 9.93. The third-order valence-electron chi connectivity index (χ3n) is 5.07. The van der Waals surface area contributed by atoms with Gasteiger partial charge in [-0.25, -0.2) is 0 Å². The van der Waals surface area contributed by atoms with Crippen LogP contribution in [0.15, 0.2) is 24.8 Å². The first-order valence-corrected chi connectivity index (χ1v) is 8.58. The number of nitrogens with two attached hydrogens (primary N) is 1. The molecule has 3 rings (SSSR count). The van der Waals surface area contributed by atoms with Crippen LogP contribution in [-0.4, -0.2) is 37.7 Å². The molecule has 2 N–H and O–H groups in total. The Balaban J connectivity index is 1.74. The quantitative estimate of drug-likeness (QED) is 0.811. The van der Waals surface area contributed by atoms with Crippen molar-refractivity contribution in [3.63, 3.8) is 0 Å². The van der Waals surface area contributed by atoms with Crippen LogP contribution in [0.25, 0.3) is 0 Å². The van der Waals surface area contributed by atoms with Gasteiger partial charge in [-0.1, -0.05) is 24.3 Å². The van der Waals surface area contributed by atoms with E-state index < -0.39 is 0 Å². The molecule has 1 aromatic rings. The van der Waals surface area contributed by atoms with Gasteiger partial charge in [0, 0.05) is 36.8 Å². The number of methoxy groups -OCH3 is 1. The van der Waals surface area contributed by atoms with Crippen LogP contribution in [0.1, 0.15) is 18.4 Å². The van der Waals surface area contributed by atoms with Gasteiger partial charge < -0.3 is 15.2 Å². The maximum Gasteiger partial charge on any atom is 0.163 e. The molecule has 2 fully saturated rings. The summed E-state index contributed by atoms with van der Waals surface area (Å²) in [4.78, 5) is 2.47. The predicted octanol–water partition coefficient (Wildman–Crippen LogP) is 3.08. The maximum atomic E-state index is 6.46. The molecule has 0 radical (unpaired) electrons. The average molecular weight is 337 g/mol.